The van der Waals surface area contributed by atoms with E-state index in [1.165, 1.54) is 0 Å². The Hall–Kier alpha value is -0.650. The molecule has 0 aromatic heterocycles. The quantitative estimate of drug-likeness (QED) is 0.320. The Labute approximate surface area is 131 Å². The molecule has 0 atom stereocenters. The summed E-state index contributed by atoms with van der Waals surface area (Å²) in [6.45, 7) is 8.73. The number of unbranched alkanes of at least 4 members (excludes halogenated alkanes) is 3. The van der Waals surface area contributed by atoms with Crippen LogP contribution in [0.4, 0.5) is 0 Å². The maximum Gasteiger partial charge on any atom is 0.236 e. The van der Waals surface area contributed by atoms with Crippen molar-refractivity contribution < 1.29 is 4.79 Å². The second-order valence-corrected chi connectivity index (χ2v) is 5.51. The van der Waals surface area contributed by atoms with Crippen molar-refractivity contribution in [1.29, 1.82) is 0 Å². The van der Waals surface area contributed by atoms with E-state index in [9.17, 15) is 4.79 Å². The molecule has 0 aliphatic heterocycles. The lowest BCUT2D eigenvalue weighted by molar-refractivity contribution is -0.134. The minimum atomic E-state index is 0.242. The minimum Gasteiger partial charge on any atom is -0.330 e. The van der Waals surface area contributed by atoms with Gasteiger partial charge in [0.15, 0.2) is 0 Å². The van der Waals surface area contributed by atoms with Crippen LogP contribution >= 0.6 is 0 Å². The van der Waals surface area contributed by atoms with Crippen molar-refractivity contribution in [3.05, 3.63) is 0 Å². The van der Waals surface area contributed by atoms with E-state index in [2.05, 4.69) is 24.6 Å². The van der Waals surface area contributed by atoms with E-state index in [-0.39, 0.29) is 5.91 Å². The molecule has 0 saturated heterocycles. The number of carbonyl (C=O) groups excluding carboxylic acids is 1. The minimum absolute atomic E-state index is 0.242. The van der Waals surface area contributed by atoms with Gasteiger partial charge in [-0.3, -0.25) is 9.80 Å². The molecule has 0 unspecified atom stereocenters. The van der Waals surface area contributed by atoms with E-state index in [1.54, 1.807) is 0 Å². The molecule has 0 aliphatic rings. The molecule has 0 spiro atoms. The summed E-state index contributed by atoms with van der Waals surface area (Å²) < 4.78 is 0. The zero-order chi connectivity index (χ0) is 15.8. The summed E-state index contributed by atoms with van der Waals surface area (Å²) in [7, 11) is 0. The highest BCUT2D eigenvalue weighted by Gasteiger charge is 2.11. The van der Waals surface area contributed by atoms with E-state index in [4.69, 9.17) is 5.73 Å². The van der Waals surface area contributed by atoms with Crippen molar-refractivity contribution in [3.63, 3.8) is 0 Å². The van der Waals surface area contributed by atoms with Crippen LogP contribution in [0.2, 0.25) is 0 Å². The van der Waals surface area contributed by atoms with Crippen molar-refractivity contribution >= 4 is 5.91 Å². The zero-order valence-electron chi connectivity index (χ0n) is 14.1. The van der Waals surface area contributed by atoms with Gasteiger partial charge in [0.2, 0.25) is 5.91 Å². The predicted octanol–water partition coefficient (Wildman–Crippen LogP) is 2.03. The smallest absolute Gasteiger partial charge is 0.236 e. The number of nitrogens with zero attached hydrogens (tertiary/aromatic N) is 1. The van der Waals surface area contributed by atoms with Crippen LogP contribution in [0.3, 0.4) is 0 Å². The highest BCUT2D eigenvalue weighted by molar-refractivity contribution is 5.75. The molecular weight excluding hydrogens is 264 g/mol. The molecule has 0 rings (SSSR count). The summed E-state index contributed by atoms with van der Waals surface area (Å²) in [4.78, 5) is 12.1. The molecule has 0 aliphatic carbocycles. The lowest BCUT2D eigenvalue weighted by Gasteiger charge is -2.23. The van der Waals surface area contributed by atoms with Crippen molar-refractivity contribution in [2.45, 2.75) is 65.2 Å². The molecule has 0 aromatic rings. The van der Waals surface area contributed by atoms with Gasteiger partial charge < -0.3 is 11.1 Å². The normalized spacial score (nSPS) is 10.8. The third-order valence-corrected chi connectivity index (χ3v) is 3.38. The first-order valence-corrected chi connectivity index (χ1v) is 8.70. The zero-order valence-corrected chi connectivity index (χ0v) is 14.1. The highest BCUT2D eigenvalue weighted by atomic mass is 16.2. The van der Waals surface area contributed by atoms with Gasteiger partial charge in [-0.2, -0.15) is 0 Å². The Morgan fingerprint density at radius 2 is 1.67 bits per heavy atom. The van der Waals surface area contributed by atoms with Crippen molar-refractivity contribution in [1.82, 2.24) is 15.8 Å². The van der Waals surface area contributed by atoms with Crippen LogP contribution < -0.4 is 16.5 Å². The van der Waals surface area contributed by atoms with Crippen LogP contribution in [0.1, 0.15) is 65.2 Å². The SMILES string of the molecule is CCCCCC(=O)N(CCC)NCCCCNCCCN. The van der Waals surface area contributed by atoms with Crippen LogP contribution in [0.5, 0.6) is 0 Å². The molecule has 1 amide bonds. The number of hydrogen-bond donors (Lipinski definition) is 3. The fourth-order valence-electron chi connectivity index (χ4n) is 2.12. The topological polar surface area (TPSA) is 70.4 Å². The Morgan fingerprint density at radius 1 is 0.952 bits per heavy atom. The number of nitrogens with one attached hydrogen (secondary N) is 2. The number of hydrogen-bond acceptors (Lipinski definition) is 4. The third-order valence-electron chi connectivity index (χ3n) is 3.38. The lowest BCUT2D eigenvalue weighted by Crippen LogP contribution is -2.43. The summed E-state index contributed by atoms with van der Waals surface area (Å²) in [5.74, 6) is 0.242. The summed E-state index contributed by atoms with van der Waals surface area (Å²) in [5.41, 5.74) is 8.72. The van der Waals surface area contributed by atoms with Crippen molar-refractivity contribution in [3.8, 4) is 0 Å². The molecule has 4 N–H and O–H groups in total. The van der Waals surface area contributed by atoms with Gasteiger partial charge in [-0.25, -0.2) is 5.43 Å². The maximum atomic E-state index is 12.1. The van der Waals surface area contributed by atoms with Crippen molar-refractivity contribution in [2.75, 3.05) is 32.7 Å². The van der Waals surface area contributed by atoms with E-state index in [0.717, 1.165) is 77.7 Å². The summed E-state index contributed by atoms with van der Waals surface area (Å²) in [6, 6.07) is 0. The van der Waals surface area contributed by atoms with E-state index >= 15 is 0 Å². The molecule has 0 bridgehead atoms. The first kappa shape index (κ1) is 20.3. The molecule has 0 radical (unpaired) electrons. The van der Waals surface area contributed by atoms with E-state index < -0.39 is 0 Å². The van der Waals surface area contributed by atoms with Gasteiger partial charge in [0.1, 0.15) is 0 Å². The second kappa shape index (κ2) is 15.7. The summed E-state index contributed by atoms with van der Waals surface area (Å²) in [5, 5.41) is 5.19. The van der Waals surface area contributed by atoms with Crippen LogP contribution in [-0.4, -0.2) is 43.6 Å². The lowest BCUT2D eigenvalue weighted by atomic mass is 10.2. The van der Waals surface area contributed by atoms with Gasteiger partial charge in [-0.05, 0) is 51.7 Å². The van der Waals surface area contributed by atoms with Gasteiger partial charge in [-0.15, -0.1) is 0 Å². The molecule has 0 saturated carbocycles. The van der Waals surface area contributed by atoms with Crippen LogP contribution in [0.15, 0.2) is 0 Å². The number of nitrogens with two attached hydrogens (primary N) is 1. The molecule has 126 valence electrons. The fraction of sp³-hybridized carbons (Fsp3) is 0.938. The largest absolute Gasteiger partial charge is 0.330 e. The Morgan fingerprint density at radius 3 is 2.33 bits per heavy atom. The van der Waals surface area contributed by atoms with E-state index in [1.807, 2.05) is 5.01 Å². The van der Waals surface area contributed by atoms with Crippen molar-refractivity contribution in [2.24, 2.45) is 5.73 Å². The van der Waals surface area contributed by atoms with Gasteiger partial charge in [-0.1, -0.05) is 26.7 Å². The van der Waals surface area contributed by atoms with Gasteiger partial charge in [0.05, 0.1) is 0 Å². The third kappa shape index (κ3) is 12.8. The molecule has 5 heteroatoms. The summed E-state index contributed by atoms with van der Waals surface area (Å²) in [6.07, 6.45) is 8.21. The molecule has 5 nitrogen and oxygen atoms in total. The Bertz CT molecular complexity index is 236. The first-order valence-electron chi connectivity index (χ1n) is 8.70. The number of hydrazine groups is 1. The fourth-order valence-corrected chi connectivity index (χ4v) is 2.12. The molecular formula is C16H36N4O. The Kier molecular flexibility index (Phi) is 15.2. The van der Waals surface area contributed by atoms with Gasteiger partial charge >= 0.3 is 0 Å². The highest BCUT2D eigenvalue weighted by Crippen LogP contribution is 2.02. The number of rotatable bonds is 15. The molecule has 0 fully saturated rings. The second-order valence-electron chi connectivity index (χ2n) is 5.51. The first-order chi connectivity index (χ1) is 10.3. The number of carbonyl (C=O) groups is 1. The predicted molar refractivity (Wildman–Crippen MR) is 89.9 cm³/mol. The molecule has 0 aromatic carbocycles. The standard InChI is InChI=1S/C16H36N4O/c1-3-5-6-10-16(21)20(15-4-2)19-14-8-7-12-18-13-9-11-17/h18-19H,3-15,17H2,1-2H3. The summed E-state index contributed by atoms with van der Waals surface area (Å²) >= 11 is 0. The molecule has 21 heavy (non-hydrogen) atoms. The van der Waals surface area contributed by atoms with Crippen LogP contribution in [0.25, 0.3) is 0 Å². The average Bonchev–Trinajstić information content (AvgIpc) is 2.49. The van der Waals surface area contributed by atoms with Crippen LogP contribution in [0, 0.1) is 0 Å². The molecule has 0 heterocycles. The van der Waals surface area contributed by atoms with Gasteiger partial charge in [0, 0.05) is 19.5 Å². The monoisotopic (exact) mass is 300 g/mol. The van der Waals surface area contributed by atoms with Crippen LogP contribution in [-0.2, 0) is 4.79 Å². The van der Waals surface area contributed by atoms with Gasteiger partial charge in [0.25, 0.3) is 0 Å². The van der Waals surface area contributed by atoms with E-state index in [0.29, 0.717) is 6.42 Å². The Balaban J connectivity index is 3.66. The average molecular weight is 300 g/mol. The number of amides is 1. The maximum absolute atomic E-state index is 12.1.